The number of hydrogen-bond donors (Lipinski definition) is 0. The second-order valence-electron chi connectivity index (χ2n) is 10.0. The number of carbonyl (C=O) groups excluding carboxylic acids is 1. The van der Waals surface area contributed by atoms with Crippen LogP contribution in [-0.4, -0.2) is 43.8 Å². The summed E-state index contributed by atoms with van der Waals surface area (Å²) in [4.78, 5) is 12.4. The molecule has 0 N–H and O–H groups in total. The SMILES string of the molecule is CCCCCCCCc1ccc(OC(CC)COC(=O)CC[N+](C)(C)Cc2ccccc2)cc1. The summed E-state index contributed by atoms with van der Waals surface area (Å²) in [5, 5.41) is 0. The van der Waals surface area contributed by atoms with Gasteiger partial charge in [0.15, 0.2) is 0 Å². The molecule has 0 spiro atoms. The first-order chi connectivity index (χ1) is 16.4. The normalized spacial score (nSPS) is 12.4. The van der Waals surface area contributed by atoms with Gasteiger partial charge in [0.2, 0.25) is 0 Å². The predicted molar refractivity (Wildman–Crippen MR) is 141 cm³/mol. The first-order valence-corrected chi connectivity index (χ1v) is 13.2. The number of ether oxygens (including phenoxy) is 2. The van der Waals surface area contributed by atoms with Crippen LogP contribution in [0.15, 0.2) is 54.6 Å². The molecule has 0 saturated heterocycles. The first-order valence-electron chi connectivity index (χ1n) is 13.2. The molecule has 2 rings (SSSR count). The number of hydrogen-bond acceptors (Lipinski definition) is 3. The molecule has 0 aliphatic heterocycles. The van der Waals surface area contributed by atoms with Crippen LogP contribution in [0.2, 0.25) is 0 Å². The number of unbranched alkanes of at least 4 members (excludes halogenated alkanes) is 5. The lowest BCUT2D eigenvalue weighted by atomic mass is 10.0. The molecule has 0 saturated carbocycles. The van der Waals surface area contributed by atoms with Crippen LogP contribution < -0.4 is 4.74 Å². The van der Waals surface area contributed by atoms with Crippen molar-refractivity contribution in [2.24, 2.45) is 0 Å². The number of carbonyl (C=O) groups is 1. The number of quaternary nitrogens is 1. The van der Waals surface area contributed by atoms with E-state index in [4.69, 9.17) is 9.47 Å². The molecule has 4 heteroatoms. The van der Waals surface area contributed by atoms with Crippen molar-refractivity contribution in [2.75, 3.05) is 27.2 Å². The van der Waals surface area contributed by atoms with Crippen molar-refractivity contribution in [3.63, 3.8) is 0 Å². The predicted octanol–water partition coefficient (Wildman–Crippen LogP) is 6.96. The topological polar surface area (TPSA) is 35.5 Å². The Morgan fingerprint density at radius 3 is 2.21 bits per heavy atom. The van der Waals surface area contributed by atoms with Crippen LogP contribution in [0.25, 0.3) is 0 Å². The fraction of sp³-hybridized carbons (Fsp3) is 0.567. The molecule has 34 heavy (non-hydrogen) atoms. The Kier molecular flexibility index (Phi) is 12.8. The highest BCUT2D eigenvalue weighted by Gasteiger charge is 2.19. The van der Waals surface area contributed by atoms with E-state index in [1.807, 2.05) is 18.2 Å². The maximum absolute atomic E-state index is 12.4. The Morgan fingerprint density at radius 1 is 0.853 bits per heavy atom. The van der Waals surface area contributed by atoms with Gasteiger partial charge >= 0.3 is 5.97 Å². The molecule has 1 atom stereocenters. The zero-order valence-corrected chi connectivity index (χ0v) is 21.9. The number of esters is 1. The van der Waals surface area contributed by atoms with E-state index in [1.165, 1.54) is 49.7 Å². The monoisotopic (exact) mass is 468 g/mol. The zero-order chi connectivity index (χ0) is 24.7. The van der Waals surface area contributed by atoms with Gasteiger partial charge in [0.1, 0.15) is 25.0 Å². The minimum atomic E-state index is -0.157. The van der Waals surface area contributed by atoms with Gasteiger partial charge in [-0.25, -0.2) is 0 Å². The third-order valence-electron chi connectivity index (χ3n) is 6.31. The Morgan fingerprint density at radius 2 is 1.53 bits per heavy atom. The van der Waals surface area contributed by atoms with Crippen LogP contribution in [0.1, 0.15) is 76.3 Å². The van der Waals surface area contributed by atoms with Crippen molar-refractivity contribution in [3.05, 3.63) is 65.7 Å². The molecule has 0 aliphatic carbocycles. The maximum Gasteiger partial charge on any atom is 0.311 e. The second-order valence-corrected chi connectivity index (χ2v) is 10.0. The summed E-state index contributed by atoms with van der Waals surface area (Å²) in [7, 11) is 4.29. The van der Waals surface area contributed by atoms with E-state index in [-0.39, 0.29) is 12.1 Å². The van der Waals surface area contributed by atoms with Crippen molar-refractivity contribution in [3.8, 4) is 5.75 Å². The van der Waals surface area contributed by atoms with Gasteiger partial charge in [0, 0.05) is 5.56 Å². The summed E-state index contributed by atoms with van der Waals surface area (Å²) in [6, 6.07) is 18.8. The van der Waals surface area contributed by atoms with Crippen molar-refractivity contribution < 1.29 is 18.8 Å². The second kappa shape index (κ2) is 15.5. The Labute approximate surface area is 207 Å². The summed E-state index contributed by atoms with van der Waals surface area (Å²) in [5.41, 5.74) is 2.64. The third-order valence-corrected chi connectivity index (χ3v) is 6.31. The minimum absolute atomic E-state index is 0.125. The summed E-state index contributed by atoms with van der Waals surface area (Å²) in [5.74, 6) is 0.686. The van der Waals surface area contributed by atoms with E-state index in [9.17, 15) is 4.79 Å². The van der Waals surface area contributed by atoms with Gasteiger partial charge in [-0.15, -0.1) is 0 Å². The van der Waals surface area contributed by atoms with Gasteiger partial charge in [0.05, 0.1) is 27.1 Å². The standard InChI is InChI=1S/C30H46NO3/c1-5-7-8-9-10-12-15-26-18-20-29(21-19-26)34-28(6-2)25-33-30(32)22-23-31(3,4)24-27-16-13-11-14-17-27/h11,13-14,16-21,28H,5-10,12,15,22-25H2,1-4H3/q+1. The summed E-state index contributed by atoms with van der Waals surface area (Å²) < 4.78 is 12.4. The van der Waals surface area contributed by atoms with Crippen molar-refractivity contribution in [1.29, 1.82) is 0 Å². The van der Waals surface area contributed by atoms with Crippen LogP contribution in [0, 0.1) is 0 Å². The lowest BCUT2D eigenvalue weighted by molar-refractivity contribution is -0.903. The molecule has 2 aromatic rings. The van der Waals surface area contributed by atoms with Crippen LogP contribution in [0.4, 0.5) is 0 Å². The fourth-order valence-electron chi connectivity index (χ4n) is 4.08. The van der Waals surface area contributed by atoms with E-state index >= 15 is 0 Å². The van der Waals surface area contributed by atoms with Gasteiger partial charge in [-0.1, -0.05) is 88.4 Å². The average molecular weight is 469 g/mol. The third kappa shape index (κ3) is 11.7. The van der Waals surface area contributed by atoms with Gasteiger partial charge in [-0.2, -0.15) is 0 Å². The highest BCUT2D eigenvalue weighted by atomic mass is 16.6. The van der Waals surface area contributed by atoms with Gasteiger partial charge in [-0.05, 0) is 37.0 Å². The van der Waals surface area contributed by atoms with Crippen molar-refractivity contribution in [2.45, 2.75) is 84.3 Å². The molecule has 0 radical (unpaired) electrons. The van der Waals surface area contributed by atoms with Crippen molar-refractivity contribution >= 4 is 5.97 Å². The minimum Gasteiger partial charge on any atom is -0.487 e. The molecule has 0 fully saturated rings. The molecular weight excluding hydrogens is 422 g/mol. The smallest absolute Gasteiger partial charge is 0.311 e. The van der Waals surface area contributed by atoms with Gasteiger partial charge in [0.25, 0.3) is 0 Å². The van der Waals surface area contributed by atoms with E-state index in [0.717, 1.165) is 36.2 Å². The molecular formula is C30H46NO3+. The van der Waals surface area contributed by atoms with E-state index < -0.39 is 0 Å². The van der Waals surface area contributed by atoms with E-state index in [0.29, 0.717) is 13.0 Å². The van der Waals surface area contributed by atoms with Gasteiger partial charge < -0.3 is 14.0 Å². The molecule has 0 amide bonds. The van der Waals surface area contributed by atoms with Crippen LogP contribution in [0.5, 0.6) is 5.75 Å². The average Bonchev–Trinajstić information content (AvgIpc) is 2.84. The molecule has 4 nitrogen and oxygen atoms in total. The molecule has 0 bridgehead atoms. The Bertz CT molecular complexity index is 802. The van der Waals surface area contributed by atoms with E-state index in [2.05, 4.69) is 64.3 Å². The summed E-state index contributed by atoms with van der Waals surface area (Å²) in [6.45, 7) is 6.24. The van der Waals surface area contributed by atoms with E-state index in [1.54, 1.807) is 0 Å². The lowest BCUT2D eigenvalue weighted by Crippen LogP contribution is -2.40. The molecule has 188 valence electrons. The largest absolute Gasteiger partial charge is 0.487 e. The molecule has 0 aliphatic rings. The molecule has 0 aromatic heterocycles. The van der Waals surface area contributed by atoms with Gasteiger partial charge in [-0.3, -0.25) is 4.79 Å². The highest BCUT2D eigenvalue weighted by Crippen LogP contribution is 2.18. The summed E-state index contributed by atoms with van der Waals surface area (Å²) in [6.07, 6.45) is 10.1. The maximum atomic E-state index is 12.4. The lowest BCUT2D eigenvalue weighted by Gasteiger charge is -2.29. The fourth-order valence-corrected chi connectivity index (χ4v) is 4.08. The number of aryl methyl sites for hydroxylation is 1. The summed E-state index contributed by atoms with van der Waals surface area (Å²) >= 11 is 0. The van der Waals surface area contributed by atoms with Crippen LogP contribution in [-0.2, 0) is 22.5 Å². The molecule has 1 unspecified atom stereocenters. The number of benzene rings is 2. The zero-order valence-electron chi connectivity index (χ0n) is 21.9. The molecule has 0 heterocycles. The number of rotatable bonds is 17. The quantitative estimate of drug-likeness (QED) is 0.143. The van der Waals surface area contributed by atoms with Crippen LogP contribution in [0.3, 0.4) is 0 Å². The Hall–Kier alpha value is -2.33. The van der Waals surface area contributed by atoms with Crippen LogP contribution >= 0.6 is 0 Å². The first kappa shape index (κ1) is 27.9. The molecule has 2 aromatic carbocycles. The van der Waals surface area contributed by atoms with Crippen molar-refractivity contribution in [1.82, 2.24) is 0 Å². The highest BCUT2D eigenvalue weighted by molar-refractivity contribution is 5.69. The Balaban J connectivity index is 1.68. The number of nitrogens with zero attached hydrogens (tertiary/aromatic N) is 1.